The van der Waals surface area contributed by atoms with Crippen molar-refractivity contribution in [3.63, 3.8) is 0 Å². The van der Waals surface area contributed by atoms with Gasteiger partial charge in [0.25, 0.3) is 0 Å². The quantitative estimate of drug-likeness (QED) is 0.816. The van der Waals surface area contributed by atoms with Gasteiger partial charge in [-0.25, -0.2) is 9.78 Å². The number of hydrogen-bond acceptors (Lipinski definition) is 5. The molecule has 7 nitrogen and oxygen atoms in total. The summed E-state index contributed by atoms with van der Waals surface area (Å²) >= 11 is 1.72. The van der Waals surface area contributed by atoms with E-state index in [1.54, 1.807) is 30.9 Å². The zero-order valence-electron chi connectivity index (χ0n) is 16.5. The van der Waals surface area contributed by atoms with Gasteiger partial charge in [0.2, 0.25) is 0 Å². The van der Waals surface area contributed by atoms with E-state index in [1.807, 2.05) is 11.2 Å². The van der Waals surface area contributed by atoms with Crippen molar-refractivity contribution < 1.29 is 4.79 Å². The highest BCUT2D eigenvalue weighted by molar-refractivity contribution is 7.97. The Morgan fingerprint density at radius 3 is 2.56 bits per heavy atom. The molecular weight excluding hydrogens is 360 g/mol. The summed E-state index contributed by atoms with van der Waals surface area (Å²) in [5, 5.41) is 0. The van der Waals surface area contributed by atoms with Crippen molar-refractivity contribution in [2.75, 3.05) is 45.2 Å². The molecule has 1 aliphatic heterocycles. The van der Waals surface area contributed by atoms with Crippen molar-refractivity contribution in [1.82, 2.24) is 23.9 Å². The summed E-state index contributed by atoms with van der Waals surface area (Å²) in [7, 11) is 3.61. The van der Waals surface area contributed by atoms with Gasteiger partial charge in [-0.05, 0) is 50.8 Å². The standard InChI is InChI=1S/C19H28N6OS/c1-14-16-11-15(27-21-19(2)5-6-19)12-17(25(16)13-20-14)23-7-9-24(10-8-23)18(26)22(3)4/h11-13,21H,5-10H2,1-4H3. The summed E-state index contributed by atoms with van der Waals surface area (Å²) in [6, 6.07) is 4.53. The molecule has 27 heavy (non-hydrogen) atoms. The van der Waals surface area contributed by atoms with Crippen LogP contribution in [0.15, 0.2) is 23.4 Å². The number of aryl methyl sites for hydroxylation is 1. The third-order valence-electron chi connectivity index (χ3n) is 5.47. The number of fused-ring (bicyclic) bond motifs is 1. The second-order valence-corrected chi connectivity index (χ2v) is 8.93. The third-order valence-corrected chi connectivity index (χ3v) is 6.53. The lowest BCUT2D eigenvalue weighted by Gasteiger charge is -2.37. The third kappa shape index (κ3) is 3.73. The first-order chi connectivity index (χ1) is 12.9. The largest absolute Gasteiger partial charge is 0.354 e. The van der Waals surface area contributed by atoms with E-state index in [1.165, 1.54) is 17.7 Å². The molecule has 2 amide bonds. The monoisotopic (exact) mass is 388 g/mol. The summed E-state index contributed by atoms with van der Waals surface area (Å²) in [5.74, 6) is 1.15. The van der Waals surface area contributed by atoms with E-state index in [9.17, 15) is 4.79 Å². The number of carbonyl (C=O) groups is 1. The molecular formula is C19H28N6OS. The van der Waals surface area contributed by atoms with Gasteiger partial charge in [0.05, 0.1) is 11.2 Å². The molecule has 8 heteroatoms. The second kappa shape index (κ2) is 6.91. The smallest absolute Gasteiger partial charge is 0.319 e. The number of hydrogen-bond donors (Lipinski definition) is 1. The maximum Gasteiger partial charge on any atom is 0.319 e. The van der Waals surface area contributed by atoms with Gasteiger partial charge in [0.1, 0.15) is 12.1 Å². The molecule has 4 rings (SSSR count). The number of anilines is 1. The minimum atomic E-state index is 0.0875. The number of pyridine rings is 1. The SMILES string of the molecule is Cc1ncn2c(N3CCN(C(=O)N(C)C)CC3)cc(SNC3(C)CC3)cc12. The molecule has 1 aliphatic carbocycles. The first-order valence-corrected chi connectivity index (χ1v) is 10.3. The maximum atomic E-state index is 12.2. The predicted octanol–water partition coefficient (Wildman–Crippen LogP) is 2.60. The fourth-order valence-corrected chi connectivity index (χ4v) is 4.26. The van der Waals surface area contributed by atoms with E-state index in [2.05, 4.69) is 45.0 Å². The Morgan fingerprint density at radius 1 is 1.22 bits per heavy atom. The Morgan fingerprint density at radius 2 is 1.93 bits per heavy atom. The van der Waals surface area contributed by atoms with Gasteiger partial charge in [-0.1, -0.05) is 0 Å². The second-order valence-electron chi connectivity index (χ2n) is 8.05. The van der Waals surface area contributed by atoms with E-state index in [0.29, 0.717) is 0 Å². The molecule has 0 spiro atoms. The number of imidazole rings is 1. The Hall–Kier alpha value is -1.93. The summed E-state index contributed by atoms with van der Waals surface area (Å²) < 4.78 is 5.77. The molecule has 1 N–H and O–H groups in total. The normalized spacial score (nSPS) is 18.8. The molecule has 1 saturated carbocycles. The van der Waals surface area contributed by atoms with Crippen LogP contribution in [0.5, 0.6) is 0 Å². The van der Waals surface area contributed by atoms with Gasteiger partial charge in [-0.2, -0.15) is 0 Å². The molecule has 146 valence electrons. The molecule has 0 atom stereocenters. The van der Waals surface area contributed by atoms with Crippen LogP contribution in [-0.2, 0) is 0 Å². The zero-order chi connectivity index (χ0) is 19.2. The minimum Gasteiger partial charge on any atom is -0.354 e. The van der Waals surface area contributed by atoms with Crippen LogP contribution in [0.3, 0.4) is 0 Å². The fraction of sp³-hybridized carbons (Fsp3) is 0.579. The Bertz CT molecular complexity index is 851. The van der Waals surface area contributed by atoms with Crippen LogP contribution in [0, 0.1) is 6.92 Å². The van der Waals surface area contributed by atoms with Crippen LogP contribution in [-0.4, -0.2) is 71.0 Å². The van der Waals surface area contributed by atoms with E-state index < -0.39 is 0 Å². The van der Waals surface area contributed by atoms with Crippen LogP contribution in [0.1, 0.15) is 25.5 Å². The van der Waals surface area contributed by atoms with Crippen LogP contribution >= 0.6 is 11.9 Å². The molecule has 2 aromatic rings. The summed E-state index contributed by atoms with van der Waals surface area (Å²) in [6.45, 7) is 7.44. The summed E-state index contributed by atoms with van der Waals surface area (Å²) in [6.07, 6.45) is 4.38. The molecule has 0 radical (unpaired) electrons. The van der Waals surface area contributed by atoms with Gasteiger partial charge in [-0.15, -0.1) is 0 Å². The molecule has 2 aromatic heterocycles. The van der Waals surface area contributed by atoms with Crippen LogP contribution in [0.25, 0.3) is 5.52 Å². The summed E-state index contributed by atoms with van der Waals surface area (Å²) in [5.41, 5.74) is 2.46. The van der Waals surface area contributed by atoms with Crippen LogP contribution in [0.4, 0.5) is 10.6 Å². The lowest BCUT2D eigenvalue weighted by Crippen LogP contribution is -2.51. The van der Waals surface area contributed by atoms with Crippen LogP contribution in [0.2, 0.25) is 0 Å². The Kier molecular flexibility index (Phi) is 4.71. The molecule has 2 fully saturated rings. The number of rotatable bonds is 4. The van der Waals surface area contributed by atoms with Gasteiger partial charge in [0.15, 0.2) is 0 Å². The van der Waals surface area contributed by atoms with Gasteiger partial charge in [0, 0.05) is 50.7 Å². The molecule has 2 aliphatic rings. The lowest BCUT2D eigenvalue weighted by atomic mass is 10.3. The number of urea groups is 1. The van der Waals surface area contributed by atoms with Gasteiger partial charge in [-0.3, -0.25) is 9.12 Å². The zero-order valence-corrected chi connectivity index (χ0v) is 17.3. The van der Waals surface area contributed by atoms with E-state index in [0.717, 1.165) is 43.2 Å². The lowest BCUT2D eigenvalue weighted by molar-refractivity contribution is 0.168. The predicted molar refractivity (Wildman–Crippen MR) is 109 cm³/mol. The molecule has 3 heterocycles. The summed E-state index contributed by atoms with van der Waals surface area (Å²) in [4.78, 5) is 23.8. The molecule has 0 bridgehead atoms. The number of piperazine rings is 1. The number of amides is 2. The van der Waals surface area contributed by atoms with Crippen LogP contribution < -0.4 is 9.62 Å². The fourth-order valence-electron chi connectivity index (χ4n) is 3.36. The van der Waals surface area contributed by atoms with Gasteiger partial charge < -0.3 is 14.7 Å². The van der Waals surface area contributed by atoms with Crippen molar-refractivity contribution in [3.8, 4) is 0 Å². The van der Waals surface area contributed by atoms with Crippen molar-refractivity contribution in [2.45, 2.75) is 37.1 Å². The first kappa shape index (κ1) is 18.4. The topological polar surface area (TPSA) is 56.1 Å². The molecule has 0 unspecified atom stereocenters. The molecule has 0 aromatic carbocycles. The average molecular weight is 389 g/mol. The number of nitrogens with one attached hydrogen (secondary N) is 1. The highest BCUT2D eigenvalue weighted by atomic mass is 32.2. The average Bonchev–Trinajstić information content (AvgIpc) is 3.30. The van der Waals surface area contributed by atoms with Crippen molar-refractivity contribution >= 4 is 29.3 Å². The Balaban J connectivity index is 1.56. The number of nitrogens with zero attached hydrogens (tertiary/aromatic N) is 5. The first-order valence-electron chi connectivity index (χ1n) is 9.49. The van der Waals surface area contributed by atoms with Crippen molar-refractivity contribution in [3.05, 3.63) is 24.2 Å². The molecule has 1 saturated heterocycles. The van der Waals surface area contributed by atoms with E-state index in [-0.39, 0.29) is 11.6 Å². The van der Waals surface area contributed by atoms with E-state index >= 15 is 0 Å². The van der Waals surface area contributed by atoms with Gasteiger partial charge >= 0.3 is 6.03 Å². The van der Waals surface area contributed by atoms with Crippen molar-refractivity contribution in [1.29, 1.82) is 0 Å². The number of carbonyl (C=O) groups excluding carboxylic acids is 1. The minimum absolute atomic E-state index is 0.0875. The highest BCUT2D eigenvalue weighted by Gasteiger charge is 2.37. The maximum absolute atomic E-state index is 12.2. The van der Waals surface area contributed by atoms with E-state index in [4.69, 9.17) is 0 Å². The Labute approximate surface area is 164 Å². The highest BCUT2D eigenvalue weighted by Crippen LogP contribution is 2.38. The van der Waals surface area contributed by atoms with Crippen molar-refractivity contribution in [2.24, 2.45) is 0 Å². The number of aromatic nitrogens is 2.